The van der Waals surface area contributed by atoms with Crippen molar-refractivity contribution in [3.8, 4) is 0 Å². The number of rotatable bonds is 7. The molecule has 6 heteroatoms. The zero-order valence-corrected chi connectivity index (χ0v) is 20.8. The minimum Gasteiger partial charge on any atom is -0.398 e. The van der Waals surface area contributed by atoms with Gasteiger partial charge in [-0.1, -0.05) is 83.9 Å². The summed E-state index contributed by atoms with van der Waals surface area (Å²) < 4.78 is 0. The van der Waals surface area contributed by atoms with Crippen molar-refractivity contribution in [2.45, 2.75) is 13.0 Å². The third kappa shape index (κ3) is 6.10. The summed E-state index contributed by atoms with van der Waals surface area (Å²) in [5.74, 6) is 0. The van der Waals surface area contributed by atoms with Gasteiger partial charge in [0, 0.05) is 43.7 Å². The summed E-state index contributed by atoms with van der Waals surface area (Å²) in [5.41, 5.74) is 18.9. The smallest absolute Gasteiger partial charge is 0.0744 e. The highest BCUT2D eigenvalue weighted by atomic mass is 35.5. The lowest BCUT2D eigenvalue weighted by Crippen LogP contribution is -2.15. The molecule has 0 aliphatic heterocycles. The molecule has 0 radical (unpaired) electrons. The largest absolute Gasteiger partial charge is 0.398 e. The molecule has 0 saturated carbocycles. The zero-order chi connectivity index (χ0) is 24.8. The Kier molecular flexibility index (Phi) is 7.86. The van der Waals surface area contributed by atoms with Crippen LogP contribution in [0.1, 0.15) is 29.2 Å². The molecule has 4 rings (SSSR count). The lowest BCUT2D eigenvalue weighted by Gasteiger charge is -2.15. The Labute approximate surface area is 216 Å². The molecule has 4 nitrogen and oxygen atoms in total. The van der Waals surface area contributed by atoms with E-state index < -0.39 is 0 Å². The fourth-order valence-electron chi connectivity index (χ4n) is 3.78. The minimum absolute atomic E-state index is 0.150. The van der Waals surface area contributed by atoms with Gasteiger partial charge >= 0.3 is 0 Å². The van der Waals surface area contributed by atoms with Gasteiger partial charge in [0.15, 0.2) is 0 Å². The number of nitrogens with zero attached hydrogens (tertiary/aromatic N) is 2. The number of nitrogens with two attached hydrogens (primary N) is 2. The second-order valence-electron chi connectivity index (χ2n) is 8.21. The summed E-state index contributed by atoms with van der Waals surface area (Å²) in [6, 6.07) is 30.6. The van der Waals surface area contributed by atoms with Gasteiger partial charge in [0.2, 0.25) is 0 Å². The summed E-state index contributed by atoms with van der Waals surface area (Å²) in [6.45, 7) is 2.46. The molecule has 4 N–H and O–H groups in total. The highest BCUT2D eigenvalue weighted by Crippen LogP contribution is 2.24. The van der Waals surface area contributed by atoms with Crippen LogP contribution in [0.5, 0.6) is 0 Å². The Hall–Kier alpha value is -3.60. The molecule has 0 saturated heterocycles. The van der Waals surface area contributed by atoms with E-state index in [0.717, 1.165) is 33.7 Å². The quantitative estimate of drug-likeness (QED) is 0.213. The lowest BCUT2D eigenvalue weighted by molar-refractivity contribution is 0.757. The Bertz CT molecular complexity index is 1370. The van der Waals surface area contributed by atoms with E-state index in [1.807, 2.05) is 79.7 Å². The van der Waals surface area contributed by atoms with Gasteiger partial charge in [-0.05, 0) is 43.3 Å². The van der Waals surface area contributed by atoms with Crippen molar-refractivity contribution in [3.63, 3.8) is 0 Å². The van der Waals surface area contributed by atoms with Gasteiger partial charge in [0.05, 0.1) is 24.0 Å². The second-order valence-corrected chi connectivity index (χ2v) is 9.08. The normalized spacial score (nSPS) is 13.0. The summed E-state index contributed by atoms with van der Waals surface area (Å²) >= 11 is 12.6. The fourth-order valence-corrected chi connectivity index (χ4v) is 4.12. The molecule has 0 fully saturated rings. The van der Waals surface area contributed by atoms with Crippen LogP contribution in [0.3, 0.4) is 0 Å². The molecule has 176 valence electrons. The van der Waals surface area contributed by atoms with Crippen LogP contribution in [-0.4, -0.2) is 24.0 Å². The van der Waals surface area contributed by atoms with Gasteiger partial charge in [-0.25, -0.2) is 0 Å². The number of aliphatic imine (C=N–C) groups is 2. The number of hydrogen-bond acceptors (Lipinski definition) is 4. The van der Waals surface area contributed by atoms with Gasteiger partial charge in [0.1, 0.15) is 0 Å². The Balaban J connectivity index is 1.75. The lowest BCUT2D eigenvalue weighted by atomic mass is 10.00. The second kappa shape index (κ2) is 11.2. The van der Waals surface area contributed by atoms with Gasteiger partial charge in [-0.15, -0.1) is 0 Å². The molecule has 35 heavy (non-hydrogen) atoms. The van der Waals surface area contributed by atoms with Crippen LogP contribution in [0, 0.1) is 0 Å². The molecule has 0 heterocycles. The molecule has 1 atom stereocenters. The molecule has 0 spiro atoms. The number of benzene rings is 4. The molecule has 0 amide bonds. The van der Waals surface area contributed by atoms with Crippen LogP contribution in [0.4, 0.5) is 11.4 Å². The highest BCUT2D eigenvalue weighted by molar-refractivity contribution is 6.32. The number of halogens is 2. The number of hydrogen-bond donors (Lipinski definition) is 2. The Morgan fingerprint density at radius 3 is 1.66 bits per heavy atom. The average Bonchev–Trinajstić information content (AvgIpc) is 2.87. The van der Waals surface area contributed by atoms with E-state index in [9.17, 15) is 0 Å². The van der Waals surface area contributed by atoms with Gasteiger partial charge in [-0.3, -0.25) is 9.98 Å². The van der Waals surface area contributed by atoms with Crippen molar-refractivity contribution >= 4 is 46.0 Å². The Morgan fingerprint density at radius 2 is 1.14 bits per heavy atom. The van der Waals surface area contributed by atoms with E-state index in [-0.39, 0.29) is 6.04 Å². The van der Waals surface area contributed by atoms with Crippen molar-refractivity contribution in [3.05, 3.63) is 129 Å². The zero-order valence-electron chi connectivity index (χ0n) is 19.3. The molecule has 0 bridgehead atoms. The number of anilines is 2. The third-order valence-corrected chi connectivity index (χ3v) is 5.97. The van der Waals surface area contributed by atoms with E-state index in [1.54, 1.807) is 24.3 Å². The van der Waals surface area contributed by atoms with Crippen LogP contribution in [0.2, 0.25) is 10.0 Å². The SMILES string of the molecule is CC(CN=C(c1ccccc1)c1cc(Cl)ccc1N)N=C(c1ccccc1)c1cc(Cl)ccc1N. The summed E-state index contributed by atoms with van der Waals surface area (Å²) in [5, 5.41) is 1.21. The minimum atomic E-state index is -0.150. The molecule has 1 unspecified atom stereocenters. The van der Waals surface area contributed by atoms with Crippen LogP contribution >= 0.6 is 23.2 Å². The van der Waals surface area contributed by atoms with Crippen LogP contribution < -0.4 is 11.5 Å². The molecule has 0 aliphatic carbocycles. The molecule has 0 aromatic heterocycles. The first-order valence-corrected chi connectivity index (χ1v) is 12.0. The van der Waals surface area contributed by atoms with E-state index in [4.69, 9.17) is 44.7 Å². The molecule has 0 aliphatic rings. The molecular weight excluding hydrogens is 475 g/mol. The maximum absolute atomic E-state index is 6.31. The van der Waals surface area contributed by atoms with Crippen LogP contribution in [0.25, 0.3) is 0 Å². The first kappa shape index (κ1) is 24.5. The van der Waals surface area contributed by atoms with Crippen molar-refractivity contribution in [2.24, 2.45) is 9.98 Å². The fraction of sp³-hybridized carbons (Fsp3) is 0.103. The first-order valence-electron chi connectivity index (χ1n) is 11.3. The van der Waals surface area contributed by atoms with Gasteiger partial charge in [0.25, 0.3) is 0 Å². The third-order valence-electron chi connectivity index (χ3n) is 5.50. The first-order chi connectivity index (χ1) is 16.9. The monoisotopic (exact) mass is 500 g/mol. The van der Waals surface area contributed by atoms with E-state index >= 15 is 0 Å². The maximum Gasteiger partial charge on any atom is 0.0744 e. The van der Waals surface area contributed by atoms with Gasteiger partial charge < -0.3 is 11.5 Å². The van der Waals surface area contributed by atoms with Crippen LogP contribution in [0.15, 0.2) is 107 Å². The summed E-state index contributed by atoms with van der Waals surface area (Å²) in [6.07, 6.45) is 0. The van der Waals surface area contributed by atoms with Crippen molar-refractivity contribution in [2.75, 3.05) is 18.0 Å². The van der Waals surface area contributed by atoms with Crippen molar-refractivity contribution < 1.29 is 0 Å². The summed E-state index contributed by atoms with van der Waals surface area (Å²) in [7, 11) is 0. The average molecular weight is 501 g/mol. The standard InChI is InChI=1S/C29H26Cl2N4/c1-19(35-29(21-10-6-3-7-11-21)25-17-23(31)13-15-27(25)33)18-34-28(20-8-4-2-5-9-20)24-16-22(30)12-14-26(24)32/h2-17,19H,18,32-33H2,1H3. The van der Waals surface area contributed by atoms with Crippen LogP contribution in [-0.2, 0) is 0 Å². The predicted octanol–water partition coefficient (Wildman–Crippen LogP) is 6.92. The highest BCUT2D eigenvalue weighted by Gasteiger charge is 2.15. The Morgan fingerprint density at radius 1 is 0.686 bits per heavy atom. The van der Waals surface area contributed by atoms with Crippen molar-refractivity contribution in [1.82, 2.24) is 0 Å². The molecular formula is C29H26Cl2N4. The molecule has 4 aromatic rings. The van der Waals surface area contributed by atoms with Gasteiger partial charge in [-0.2, -0.15) is 0 Å². The maximum atomic E-state index is 6.31. The predicted molar refractivity (Wildman–Crippen MR) is 150 cm³/mol. The molecule has 4 aromatic carbocycles. The van der Waals surface area contributed by atoms with E-state index in [1.165, 1.54) is 0 Å². The topological polar surface area (TPSA) is 76.8 Å². The van der Waals surface area contributed by atoms with E-state index in [2.05, 4.69) is 0 Å². The van der Waals surface area contributed by atoms with E-state index in [0.29, 0.717) is 28.0 Å². The number of nitrogen functional groups attached to an aromatic ring is 2. The van der Waals surface area contributed by atoms with Crippen molar-refractivity contribution in [1.29, 1.82) is 0 Å². The summed E-state index contributed by atoms with van der Waals surface area (Å²) in [4.78, 5) is 9.99.